The third kappa shape index (κ3) is 8.04. The van der Waals surface area contributed by atoms with Gasteiger partial charge in [0.15, 0.2) is 0 Å². The van der Waals surface area contributed by atoms with E-state index in [4.69, 9.17) is 9.73 Å². The number of nitrogens with zero attached hydrogens (tertiary/aromatic N) is 3. The number of ether oxygens (including phenoxy) is 1. The average molecular weight is 541 g/mol. The number of hydrogen-bond donors (Lipinski definition) is 1. The summed E-state index contributed by atoms with van der Waals surface area (Å²) in [5.74, 6) is 0.711. The van der Waals surface area contributed by atoms with Gasteiger partial charge in [-0.2, -0.15) is 0 Å². The largest absolute Gasteiger partial charge is 0.368 e. The zero-order valence-corrected chi connectivity index (χ0v) is 24.5. The van der Waals surface area contributed by atoms with Crippen molar-refractivity contribution in [1.82, 2.24) is 10.2 Å². The van der Waals surface area contributed by atoms with E-state index in [0.29, 0.717) is 25.3 Å². The molecule has 0 radical (unpaired) electrons. The Morgan fingerprint density at radius 1 is 1.27 bits per heavy atom. The lowest BCUT2D eigenvalue weighted by Gasteiger charge is -2.23. The molecule has 8 heteroatoms. The van der Waals surface area contributed by atoms with Gasteiger partial charge in [0.25, 0.3) is 5.91 Å². The molecule has 1 aromatic carbocycles. The van der Waals surface area contributed by atoms with Crippen LogP contribution >= 0.6 is 23.1 Å². The minimum atomic E-state index is -0.0200. The summed E-state index contributed by atoms with van der Waals surface area (Å²) in [4.78, 5) is 24.0. The molecule has 1 N–H and O–H groups in total. The predicted molar refractivity (Wildman–Crippen MR) is 160 cm³/mol. The Balaban J connectivity index is 1.89. The van der Waals surface area contributed by atoms with Gasteiger partial charge in [0.1, 0.15) is 5.82 Å². The molecular formula is C29H40N4O2S2. The number of nitrogens with one attached hydrogen (secondary N) is 1. The number of rotatable bonds is 11. The molecule has 2 heterocycles. The fourth-order valence-corrected chi connectivity index (χ4v) is 5.02. The molecule has 0 fully saturated rings. The zero-order valence-electron chi connectivity index (χ0n) is 22.9. The Bertz CT molecular complexity index is 1120. The number of carbonyl (C=O) groups is 1. The lowest BCUT2D eigenvalue weighted by atomic mass is 10.1. The number of amides is 1. The lowest BCUT2D eigenvalue weighted by Crippen LogP contribution is -2.34. The standard InChI is InChI=1S/C29H40N4O2S2/c1-7-21(2)18-25-28(31-22(3)36-6)32(5)15-16-33(29(25)34)24-11-8-10-23(19-24)20-35-26(13-14-30-4)27-12-9-17-37-27/h8-12,17-19,26,30H,7,13-16,20H2,1-6H3/b21-18-,31-22?. The fraction of sp³-hybridized carbons (Fsp3) is 0.448. The molecular weight excluding hydrogens is 500 g/mol. The van der Waals surface area contributed by atoms with Crippen LogP contribution in [-0.4, -0.2) is 55.8 Å². The number of hydrogen-bond acceptors (Lipinski definition) is 7. The SMILES string of the molecule is CC/C(C)=C\C1=C(N=C(C)SC)N(C)CCN(c2cccc(COC(CCNC)c3cccs3)c2)C1=O. The van der Waals surface area contributed by atoms with Gasteiger partial charge in [0, 0.05) is 30.7 Å². The Hall–Kier alpha value is -2.39. The van der Waals surface area contributed by atoms with Crippen molar-refractivity contribution in [3.63, 3.8) is 0 Å². The van der Waals surface area contributed by atoms with Crippen molar-refractivity contribution in [2.45, 2.75) is 46.3 Å². The molecule has 0 bridgehead atoms. The molecule has 3 rings (SSSR count). The number of thiophene rings is 1. The summed E-state index contributed by atoms with van der Waals surface area (Å²) >= 11 is 3.32. The molecule has 0 aliphatic carbocycles. The molecule has 1 aliphatic rings. The highest BCUT2D eigenvalue weighted by Gasteiger charge is 2.28. The van der Waals surface area contributed by atoms with E-state index < -0.39 is 0 Å². The van der Waals surface area contributed by atoms with Crippen molar-refractivity contribution in [2.75, 3.05) is 44.9 Å². The van der Waals surface area contributed by atoms with Gasteiger partial charge in [0.2, 0.25) is 0 Å². The first kappa shape index (κ1) is 29.2. The second kappa shape index (κ2) is 14.5. The van der Waals surface area contributed by atoms with E-state index in [1.54, 1.807) is 23.1 Å². The molecule has 1 aliphatic heterocycles. The smallest absolute Gasteiger partial charge is 0.262 e. The summed E-state index contributed by atoms with van der Waals surface area (Å²) in [5, 5.41) is 6.24. The van der Waals surface area contributed by atoms with E-state index in [1.165, 1.54) is 4.88 Å². The van der Waals surface area contributed by atoms with E-state index in [1.807, 2.05) is 50.4 Å². The van der Waals surface area contributed by atoms with Crippen LogP contribution in [0.1, 0.15) is 50.2 Å². The van der Waals surface area contributed by atoms with Crippen LogP contribution in [0.2, 0.25) is 0 Å². The quantitative estimate of drug-likeness (QED) is 0.270. The maximum absolute atomic E-state index is 14.0. The first-order chi connectivity index (χ1) is 17.9. The molecule has 6 nitrogen and oxygen atoms in total. The second-order valence-electron chi connectivity index (χ2n) is 9.17. The molecule has 2 aromatic rings. The number of carbonyl (C=O) groups excluding carboxylic acids is 1. The Labute approximate surface area is 230 Å². The minimum absolute atomic E-state index is 0.0200. The number of aliphatic imine (C=N–C) groups is 1. The topological polar surface area (TPSA) is 57.2 Å². The maximum Gasteiger partial charge on any atom is 0.262 e. The summed E-state index contributed by atoms with van der Waals surface area (Å²) in [7, 11) is 3.97. The van der Waals surface area contributed by atoms with Crippen LogP contribution in [0.4, 0.5) is 5.69 Å². The van der Waals surface area contributed by atoms with Crippen molar-refractivity contribution in [2.24, 2.45) is 4.99 Å². The van der Waals surface area contributed by atoms with Crippen LogP contribution in [0.5, 0.6) is 0 Å². The van der Waals surface area contributed by atoms with Crippen LogP contribution in [0.15, 0.2) is 69.8 Å². The first-order valence-electron chi connectivity index (χ1n) is 12.8. The van der Waals surface area contributed by atoms with E-state index in [9.17, 15) is 4.79 Å². The van der Waals surface area contributed by atoms with Gasteiger partial charge in [-0.25, -0.2) is 4.99 Å². The molecule has 1 aromatic heterocycles. The van der Waals surface area contributed by atoms with E-state index in [-0.39, 0.29) is 12.0 Å². The van der Waals surface area contributed by atoms with E-state index in [0.717, 1.165) is 47.1 Å². The highest BCUT2D eigenvalue weighted by molar-refractivity contribution is 8.13. The summed E-state index contributed by atoms with van der Waals surface area (Å²) < 4.78 is 6.37. The van der Waals surface area contributed by atoms with E-state index >= 15 is 0 Å². The van der Waals surface area contributed by atoms with Crippen LogP contribution in [0.3, 0.4) is 0 Å². The fourth-order valence-electron chi connectivity index (χ4n) is 4.03. The predicted octanol–water partition coefficient (Wildman–Crippen LogP) is 6.24. The number of thioether (sulfide) groups is 1. The molecule has 0 saturated carbocycles. The minimum Gasteiger partial charge on any atom is -0.368 e. The summed E-state index contributed by atoms with van der Waals surface area (Å²) in [6.07, 6.45) is 5.84. The first-order valence-corrected chi connectivity index (χ1v) is 14.9. The molecule has 1 atom stereocenters. The maximum atomic E-state index is 14.0. The summed E-state index contributed by atoms with van der Waals surface area (Å²) in [6, 6.07) is 12.4. The van der Waals surface area contributed by atoms with Crippen LogP contribution < -0.4 is 10.2 Å². The molecule has 1 amide bonds. The normalized spacial score (nSPS) is 16.4. The van der Waals surface area contributed by atoms with Crippen LogP contribution in [0.25, 0.3) is 0 Å². The van der Waals surface area contributed by atoms with Gasteiger partial charge in [-0.15, -0.1) is 23.1 Å². The average Bonchev–Trinajstić information content (AvgIpc) is 3.42. The van der Waals surface area contributed by atoms with Gasteiger partial charge in [-0.3, -0.25) is 4.79 Å². The van der Waals surface area contributed by atoms with Crippen LogP contribution in [-0.2, 0) is 16.1 Å². The monoisotopic (exact) mass is 540 g/mol. The van der Waals surface area contributed by atoms with E-state index in [2.05, 4.69) is 53.7 Å². The highest BCUT2D eigenvalue weighted by atomic mass is 32.2. The summed E-state index contributed by atoms with van der Waals surface area (Å²) in [6.45, 7) is 8.81. The van der Waals surface area contributed by atoms with Crippen molar-refractivity contribution in [1.29, 1.82) is 0 Å². The van der Waals surface area contributed by atoms with Crippen molar-refractivity contribution < 1.29 is 9.53 Å². The third-order valence-electron chi connectivity index (χ3n) is 6.43. The molecule has 200 valence electrons. The number of benzene rings is 1. The number of likely N-dealkylation sites (N-methyl/N-ethyl adjacent to an activating group) is 1. The van der Waals surface area contributed by atoms with Crippen LogP contribution in [0, 0.1) is 0 Å². The third-order valence-corrected chi connectivity index (χ3v) is 8.08. The molecule has 37 heavy (non-hydrogen) atoms. The molecule has 0 spiro atoms. The van der Waals surface area contributed by atoms with Gasteiger partial charge < -0.3 is 19.9 Å². The Kier molecular flexibility index (Phi) is 11.4. The zero-order chi connectivity index (χ0) is 26.8. The number of anilines is 1. The molecule has 1 unspecified atom stereocenters. The highest BCUT2D eigenvalue weighted by Crippen LogP contribution is 2.29. The van der Waals surface area contributed by atoms with Crippen molar-refractivity contribution in [3.05, 3.63) is 75.3 Å². The second-order valence-corrected chi connectivity index (χ2v) is 11.2. The van der Waals surface area contributed by atoms with Gasteiger partial charge in [-0.05, 0) is 81.8 Å². The molecule has 0 saturated heterocycles. The summed E-state index contributed by atoms with van der Waals surface area (Å²) in [5.41, 5.74) is 3.72. The van der Waals surface area contributed by atoms with Gasteiger partial charge in [-0.1, -0.05) is 30.7 Å². The Morgan fingerprint density at radius 3 is 2.76 bits per heavy atom. The van der Waals surface area contributed by atoms with Crippen molar-refractivity contribution in [3.8, 4) is 0 Å². The van der Waals surface area contributed by atoms with Gasteiger partial charge >= 0.3 is 0 Å². The number of allylic oxidation sites excluding steroid dienone is 1. The Morgan fingerprint density at radius 2 is 2.08 bits per heavy atom. The van der Waals surface area contributed by atoms with Crippen molar-refractivity contribution >= 4 is 39.7 Å². The lowest BCUT2D eigenvalue weighted by molar-refractivity contribution is -0.114. The van der Waals surface area contributed by atoms with Gasteiger partial charge in [0.05, 0.1) is 23.3 Å².